The maximum atomic E-state index is 16.3. The maximum Gasteiger partial charge on any atom is 0.410 e. The van der Waals surface area contributed by atoms with Crippen molar-refractivity contribution in [3.63, 3.8) is 0 Å². The van der Waals surface area contributed by atoms with Gasteiger partial charge in [0.25, 0.3) is 5.91 Å². The summed E-state index contributed by atoms with van der Waals surface area (Å²) in [6, 6.07) is 19.5. The number of aromatic nitrogens is 2. The number of nitrogen functional groups attached to an aromatic ring is 1. The molecule has 0 radical (unpaired) electrons. The van der Waals surface area contributed by atoms with Crippen LogP contribution in [0.25, 0.3) is 11.3 Å². The van der Waals surface area contributed by atoms with E-state index in [-0.39, 0.29) is 94.0 Å². The smallest absolute Gasteiger partial charge is 0.410 e. The lowest BCUT2D eigenvalue weighted by Gasteiger charge is -2.40. The van der Waals surface area contributed by atoms with Crippen LogP contribution in [0.3, 0.4) is 0 Å². The van der Waals surface area contributed by atoms with Crippen molar-refractivity contribution in [2.45, 2.75) is 103 Å². The Morgan fingerprint density at radius 3 is 2.32 bits per heavy atom. The van der Waals surface area contributed by atoms with E-state index >= 15 is 8.78 Å². The lowest BCUT2D eigenvalue weighted by molar-refractivity contribution is -0.145. The minimum atomic E-state index is -1.62. The Bertz CT molecular complexity index is 3070. The number of aliphatic hydroxyl groups is 1. The summed E-state index contributed by atoms with van der Waals surface area (Å²) in [6.07, 6.45) is -0.205. The Kier molecular flexibility index (Phi) is 22.6. The zero-order chi connectivity index (χ0) is 60.5. The van der Waals surface area contributed by atoms with Crippen molar-refractivity contribution >= 4 is 53.4 Å². The van der Waals surface area contributed by atoms with Gasteiger partial charge in [0.1, 0.15) is 54.2 Å². The average molecular weight is 1170 g/mol. The van der Waals surface area contributed by atoms with E-state index in [1.54, 1.807) is 54.9 Å². The number of halogens is 3. The number of urea groups is 1. The summed E-state index contributed by atoms with van der Waals surface area (Å²) in [4.78, 5) is 98.4. The van der Waals surface area contributed by atoms with Crippen LogP contribution in [0.15, 0.2) is 97.2 Å². The van der Waals surface area contributed by atoms with Crippen LogP contribution in [0.1, 0.15) is 92.6 Å². The average Bonchev–Trinajstić information content (AvgIpc) is 2.87. The molecule has 0 aliphatic carbocycles. The number of nitrogens with one attached hydrogen (secondary N) is 4. The molecule has 3 heterocycles. The minimum Gasteiger partial charge on any atom is -0.494 e. The van der Waals surface area contributed by atoms with E-state index in [4.69, 9.17) is 30.7 Å². The van der Waals surface area contributed by atoms with Crippen molar-refractivity contribution in [1.29, 1.82) is 0 Å². The fourth-order valence-electron chi connectivity index (χ4n) is 10.2. The number of amides is 7. The van der Waals surface area contributed by atoms with Crippen molar-refractivity contribution in [1.82, 2.24) is 35.3 Å². The molecule has 21 nitrogen and oxygen atoms in total. The number of carbonyl (C=O) groups is 7. The third-order valence-corrected chi connectivity index (χ3v) is 14.7. The third kappa shape index (κ3) is 17.5. The molecule has 2 saturated heterocycles. The SMILES string of the molecule is CC(C)[C@H](NC(=O)CCCOc1ccc(C=O)c(N)c1)C(=O)N[C@@H](CCCNC(N)=O)C(=O)Nc1ccc(COC(=O)N2C[C@@H](CN(C(=O)[C@H](C)O)[C@@H](c3nc(-c4cc(F)ccc4F)cn3Cc3ccccc3)C3CCOCC3)[C@@H](F)C2)cc1. The summed E-state index contributed by atoms with van der Waals surface area (Å²) in [6.45, 7) is 4.97. The first kappa shape index (κ1) is 63.1. The zero-order valence-corrected chi connectivity index (χ0v) is 47.1. The number of carbonyl (C=O) groups excluding carboxylic acids is 7. The molecule has 7 amide bonds. The van der Waals surface area contributed by atoms with E-state index in [9.17, 15) is 43.1 Å². The van der Waals surface area contributed by atoms with Crippen LogP contribution in [0, 0.1) is 29.4 Å². The third-order valence-electron chi connectivity index (χ3n) is 14.7. The molecule has 2 aliphatic heterocycles. The van der Waals surface area contributed by atoms with Crippen LogP contribution in [-0.4, -0.2) is 137 Å². The van der Waals surface area contributed by atoms with Gasteiger partial charge < -0.3 is 66.4 Å². The standard InChI is InChI=1S/C60H73F3N10O11/c1-36(2)53(70-52(76)12-8-24-83-45-19-15-41(34-74)49(64)28-45)57(78)69-50(11-7-23-66-59(65)80)56(77)67-44-17-13-39(14-18-44)35-84-60(81)72-30-42(48(63)32-72)31-73(58(79)37(3)75)54(40-21-25-82-26-22-40)55-68-51(46-27-43(61)16-20-47(46)62)33-71(55)29-38-9-5-4-6-10-38/h4-6,9-10,13-20,27-28,33-34,36-37,40,42,48,50,53-54,75H,7-8,11-12,21-26,29-32,35,64H2,1-3H3,(H,67,77)(H,69,78)(H,70,76)(H3,65,66,80)/t37-,42-,48-,50-,53-,54+/m0/s1. The van der Waals surface area contributed by atoms with Crippen molar-refractivity contribution in [2.24, 2.45) is 23.5 Å². The fraction of sp³-hybridized carbons (Fsp3) is 0.433. The Hall–Kier alpha value is -8.51. The quantitative estimate of drug-likeness (QED) is 0.0170. The van der Waals surface area contributed by atoms with Crippen LogP contribution < -0.4 is 37.5 Å². The van der Waals surface area contributed by atoms with Gasteiger partial charge >= 0.3 is 12.1 Å². The van der Waals surface area contributed by atoms with Gasteiger partial charge in [0.15, 0.2) is 6.29 Å². The molecule has 6 atom stereocenters. The van der Waals surface area contributed by atoms with Crippen LogP contribution in [-0.2, 0) is 41.8 Å². The number of rotatable bonds is 27. The topological polar surface area (TPSA) is 292 Å². The summed E-state index contributed by atoms with van der Waals surface area (Å²) in [7, 11) is 0. The summed E-state index contributed by atoms with van der Waals surface area (Å²) >= 11 is 0. The molecule has 0 unspecified atom stereocenters. The van der Waals surface area contributed by atoms with Gasteiger partial charge in [-0.25, -0.2) is 27.7 Å². The van der Waals surface area contributed by atoms with Gasteiger partial charge in [-0.1, -0.05) is 56.3 Å². The number of hydrogen-bond donors (Lipinski definition) is 7. The van der Waals surface area contributed by atoms with Crippen LogP contribution in [0.2, 0.25) is 0 Å². The number of primary amides is 1. The second-order valence-electron chi connectivity index (χ2n) is 21.3. The number of hydrogen-bond acceptors (Lipinski definition) is 13. The van der Waals surface area contributed by atoms with Crippen LogP contribution in [0.4, 0.5) is 34.1 Å². The first-order valence-electron chi connectivity index (χ1n) is 28.0. The number of likely N-dealkylation sites (tertiary alicyclic amines) is 1. The van der Waals surface area contributed by atoms with Gasteiger partial charge in [0.05, 0.1) is 24.9 Å². The highest BCUT2D eigenvalue weighted by atomic mass is 19.1. The summed E-state index contributed by atoms with van der Waals surface area (Å²) in [5.41, 5.74) is 13.3. The minimum absolute atomic E-state index is 0.0131. The number of benzene rings is 4. The Balaban J connectivity index is 0.979. The number of aliphatic hydroxyl groups excluding tert-OH is 1. The zero-order valence-electron chi connectivity index (χ0n) is 47.1. The summed E-state index contributed by atoms with van der Waals surface area (Å²) < 4.78 is 65.1. The molecule has 9 N–H and O–H groups in total. The van der Waals surface area contributed by atoms with Gasteiger partial charge in [0.2, 0.25) is 17.7 Å². The number of nitrogens with two attached hydrogens (primary N) is 2. The van der Waals surface area contributed by atoms with E-state index in [0.29, 0.717) is 67.2 Å². The highest BCUT2D eigenvalue weighted by Gasteiger charge is 2.44. The number of nitrogens with zero attached hydrogens (tertiary/aromatic N) is 4. The fourth-order valence-corrected chi connectivity index (χ4v) is 10.2. The van der Waals surface area contributed by atoms with E-state index in [2.05, 4.69) is 21.3 Å². The first-order chi connectivity index (χ1) is 40.3. The van der Waals surface area contributed by atoms with E-state index in [1.165, 1.54) is 28.9 Å². The van der Waals surface area contributed by atoms with Crippen molar-refractivity contribution in [2.75, 3.05) is 57.1 Å². The largest absolute Gasteiger partial charge is 0.494 e. The van der Waals surface area contributed by atoms with Crippen molar-refractivity contribution < 1.29 is 66.1 Å². The van der Waals surface area contributed by atoms with E-state index < -0.39 is 83.7 Å². The lowest BCUT2D eigenvalue weighted by Crippen LogP contribution is -2.54. The molecule has 2 aliphatic rings. The predicted molar refractivity (Wildman–Crippen MR) is 305 cm³/mol. The summed E-state index contributed by atoms with van der Waals surface area (Å²) in [5.74, 6) is -4.66. The molecule has 0 spiro atoms. The molecule has 4 aromatic carbocycles. The molecule has 7 rings (SSSR count). The molecule has 24 heteroatoms. The molecule has 1 aromatic heterocycles. The Morgan fingerprint density at radius 2 is 1.64 bits per heavy atom. The van der Waals surface area contributed by atoms with Crippen LogP contribution in [0.5, 0.6) is 5.75 Å². The van der Waals surface area contributed by atoms with Gasteiger partial charge in [-0.15, -0.1) is 0 Å². The number of ether oxygens (including phenoxy) is 3. The lowest BCUT2D eigenvalue weighted by atomic mass is 9.88. The second kappa shape index (κ2) is 30.2. The van der Waals surface area contributed by atoms with Gasteiger partial charge in [-0.3, -0.25) is 24.0 Å². The van der Waals surface area contributed by atoms with Crippen molar-refractivity contribution in [3.05, 3.63) is 131 Å². The summed E-state index contributed by atoms with van der Waals surface area (Å²) in [5, 5.41) is 21.6. The van der Waals surface area contributed by atoms with E-state index in [1.807, 2.05) is 30.3 Å². The van der Waals surface area contributed by atoms with E-state index in [0.717, 1.165) is 23.8 Å². The predicted octanol–water partition coefficient (Wildman–Crippen LogP) is 6.43. The Labute approximate surface area is 484 Å². The highest BCUT2D eigenvalue weighted by Crippen LogP contribution is 2.39. The molecule has 0 saturated carbocycles. The second-order valence-corrected chi connectivity index (χ2v) is 21.3. The highest BCUT2D eigenvalue weighted by molar-refractivity contribution is 5.98. The van der Waals surface area contributed by atoms with Gasteiger partial charge in [-0.05, 0) is 104 Å². The van der Waals surface area contributed by atoms with Crippen molar-refractivity contribution in [3.8, 4) is 17.0 Å². The number of aldehydes is 1. The maximum absolute atomic E-state index is 16.3. The molecule has 5 aromatic rings. The van der Waals surface area contributed by atoms with Gasteiger partial charge in [0, 0.05) is 86.5 Å². The number of anilines is 2. The molecule has 84 heavy (non-hydrogen) atoms. The Morgan fingerprint density at radius 1 is 0.905 bits per heavy atom. The molecule has 0 bridgehead atoms. The van der Waals surface area contributed by atoms with Gasteiger partial charge in [-0.2, -0.15) is 0 Å². The molecular weight excluding hydrogens is 1090 g/mol. The van der Waals surface area contributed by atoms with Crippen LogP contribution >= 0.6 is 0 Å². The number of alkyl halides is 1. The normalized spacial score (nSPS) is 16.6. The monoisotopic (exact) mass is 1170 g/mol. The molecular formula is C60H73F3N10O11. The number of imidazole rings is 1. The molecule has 2 fully saturated rings. The molecule has 450 valence electrons. The first-order valence-corrected chi connectivity index (χ1v) is 28.0.